The molecule has 0 amide bonds. The van der Waals surface area contributed by atoms with Gasteiger partial charge in [0.05, 0.1) is 16.6 Å². The number of benzene rings is 1. The van der Waals surface area contributed by atoms with Crippen molar-refractivity contribution < 1.29 is 14.3 Å². The van der Waals surface area contributed by atoms with Gasteiger partial charge in [-0.25, -0.2) is 0 Å². The molecule has 0 N–H and O–H groups in total. The highest BCUT2D eigenvalue weighted by Gasteiger charge is 2.11. The van der Waals surface area contributed by atoms with Crippen molar-refractivity contribution in [3.63, 3.8) is 0 Å². The predicted octanol–water partition coefficient (Wildman–Crippen LogP) is 2.68. The molecule has 1 unspecified atom stereocenters. The van der Waals surface area contributed by atoms with E-state index in [0.717, 1.165) is 10.8 Å². The Kier molecular flexibility index (Phi) is 4.78. The Balaban J connectivity index is 2.87. The molecule has 82 valence electrons. The molecule has 0 saturated heterocycles. The van der Waals surface area contributed by atoms with Crippen LogP contribution >= 0.6 is 15.9 Å². The lowest BCUT2D eigenvalue weighted by Gasteiger charge is -2.16. The smallest absolute Gasteiger partial charge is 0.153 e. The fourth-order valence-corrected chi connectivity index (χ4v) is 1.69. The summed E-state index contributed by atoms with van der Waals surface area (Å²) in [6, 6.07) is 5.34. The van der Waals surface area contributed by atoms with Crippen LogP contribution in [0.25, 0.3) is 0 Å². The number of hydrogen-bond acceptors (Lipinski definition) is 3. The van der Waals surface area contributed by atoms with E-state index in [2.05, 4.69) is 15.9 Å². The number of methoxy groups -OCH3 is 1. The molecular formula is C11H13BrO3. The van der Waals surface area contributed by atoms with Gasteiger partial charge in [0.25, 0.3) is 0 Å². The van der Waals surface area contributed by atoms with Crippen LogP contribution in [0.15, 0.2) is 22.7 Å². The molecular weight excluding hydrogens is 260 g/mol. The van der Waals surface area contributed by atoms with Crippen LogP contribution in [0.3, 0.4) is 0 Å². The molecule has 0 spiro atoms. The van der Waals surface area contributed by atoms with Crippen LogP contribution in [-0.2, 0) is 4.74 Å². The van der Waals surface area contributed by atoms with Gasteiger partial charge in [-0.05, 0) is 35.0 Å². The van der Waals surface area contributed by atoms with Gasteiger partial charge in [-0.2, -0.15) is 0 Å². The van der Waals surface area contributed by atoms with Crippen LogP contribution < -0.4 is 4.74 Å². The minimum Gasteiger partial charge on any atom is -0.486 e. The summed E-state index contributed by atoms with van der Waals surface area (Å²) in [7, 11) is 1.61. The number of para-hydroxylation sites is 1. The van der Waals surface area contributed by atoms with Gasteiger partial charge >= 0.3 is 0 Å². The van der Waals surface area contributed by atoms with Crippen LogP contribution in [0.4, 0.5) is 0 Å². The molecule has 3 nitrogen and oxygen atoms in total. The first kappa shape index (κ1) is 12.2. The second-order valence-corrected chi connectivity index (χ2v) is 4.01. The number of halogens is 1. The first-order chi connectivity index (χ1) is 7.19. The van der Waals surface area contributed by atoms with E-state index in [1.165, 1.54) is 0 Å². The predicted molar refractivity (Wildman–Crippen MR) is 61.5 cm³/mol. The topological polar surface area (TPSA) is 35.5 Å². The molecule has 15 heavy (non-hydrogen) atoms. The SMILES string of the molecule is COCC(C)Oc1c(Br)cccc1C=O. The summed E-state index contributed by atoms with van der Waals surface area (Å²) in [6.07, 6.45) is 0.687. The molecule has 4 heteroatoms. The molecule has 0 aliphatic rings. The number of carbonyl (C=O) groups is 1. The van der Waals surface area contributed by atoms with E-state index < -0.39 is 0 Å². The van der Waals surface area contributed by atoms with Gasteiger partial charge < -0.3 is 9.47 Å². The van der Waals surface area contributed by atoms with Crippen molar-refractivity contribution in [3.05, 3.63) is 28.2 Å². The Morgan fingerprint density at radius 1 is 1.53 bits per heavy atom. The fraction of sp³-hybridized carbons (Fsp3) is 0.364. The van der Waals surface area contributed by atoms with Crippen LogP contribution in [0, 0.1) is 0 Å². The van der Waals surface area contributed by atoms with Gasteiger partial charge in [0.15, 0.2) is 6.29 Å². The van der Waals surface area contributed by atoms with E-state index in [1.54, 1.807) is 19.2 Å². The number of hydrogen-bond donors (Lipinski definition) is 0. The van der Waals surface area contributed by atoms with Gasteiger partial charge in [0.2, 0.25) is 0 Å². The zero-order valence-corrected chi connectivity index (χ0v) is 10.3. The van der Waals surface area contributed by atoms with E-state index in [0.29, 0.717) is 17.9 Å². The number of rotatable bonds is 5. The molecule has 1 rings (SSSR count). The molecule has 0 radical (unpaired) electrons. The lowest BCUT2D eigenvalue weighted by Crippen LogP contribution is -2.18. The van der Waals surface area contributed by atoms with Crippen LogP contribution in [0.1, 0.15) is 17.3 Å². The van der Waals surface area contributed by atoms with Gasteiger partial charge in [0, 0.05) is 7.11 Å². The lowest BCUT2D eigenvalue weighted by atomic mass is 10.2. The summed E-state index contributed by atoms with van der Waals surface area (Å²) in [4.78, 5) is 10.8. The molecule has 0 fully saturated rings. The van der Waals surface area contributed by atoms with Crippen molar-refractivity contribution in [1.82, 2.24) is 0 Å². The Labute approximate surface area is 97.5 Å². The summed E-state index contributed by atoms with van der Waals surface area (Å²) < 4.78 is 11.3. The molecule has 0 saturated carbocycles. The van der Waals surface area contributed by atoms with Crippen molar-refractivity contribution in [2.75, 3.05) is 13.7 Å². The Bertz CT molecular complexity index is 339. The third-order valence-corrected chi connectivity index (χ3v) is 2.47. The minimum atomic E-state index is -0.0904. The monoisotopic (exact) mass is 272 g/mol. The summed E-state index contributed by atoms with van der Waals surface area (Å²) in [6.45, 7) is 2.37. The van der Waals surface area contributed by atoms with E-state index in [1.807, 2.05) is 13.0 Å². The van der Waals surface area contributed by atoms with Gasteiger partial charge in [-0.1, -0.05) is 6.07 Å². The van der Waals surface area contributed by atoms with Crippen LogP contribution in [-0.4, -0.2) is 26.1 Å². The van der Waals surface area contributed by atoms with E-state index in [4.69, 9.17) is 9.47 Å². The highest BCUT2D eigenvalue weighted by molar-refractivity contribution is 9.10. The van der Waals surface area contributed by atoms with Crippen molar-refractivity contribution in [3.8, 4) is 5.75 Å². The number of carbonyl (C=O) groups excluding carboxylic acids is 1. The summed E-state index contributed by atoms with van der Waals surface area (Å²) in [5.41, 5.74) is 0.535. The van der Waals surface area contributed by atoms with E-state index in [9.17, 15) is 4.79 Å². The molecule has 1 atom stereocenters. The largest absolute Gasteiger partial charge is 0.486 e. The Morgan fingerprint density at radius 2 is 2.27 bits per heavy atom. The molecule has 0 aliphatic heterocycles. The Morgan fingerprint density at radius 3 is 2.87 bits per heavy atom. The maximum Gasteiger partial charge on any atom is 0.153 e. The van der Waals surface area contributed by atoms with Crippen LogP contribution in [0.2, 0.25) is 0 Å². The standard InChI is InChI=1S/C11H13BrO3/c1-8(7-14-2)15-11-9(6-13)4-3-5-10(11)12/h3-6,8H,7H2,1-2H3. The molecule has 0 heterocycles. The van der Waals surface area contributed by atoms with E-state index >= 15 is 0 Å². The third kappa shape index (κ3) is 3.32. The first-order valence-corrected chi connectivity index (χ1v) is 5.37. The van der Waals surface area contributed by atoms with Crippen molar-refractivity contribution in [2.45, 2.75) is 13.0 Å². The number of ether oxygens (including phenoxy) is 2. The summed E-state index contributed by atoms with van der Waals surface area (Å²) >= 11 is 3.34. The highest BCUT2D eigenvalue weighted by atomic mass is 79.9. The minimum absolute atomic E-state index is 0.0904. The summed E-state index contributed by atoms with van der Waals surface area (Å²) in [5, 5.41) is 0. The summed E-state index contributed by atoms with van der Waals surface area (Å²) in [5.74, 6) is 0.567. The van der Waals surface area contributed by atoms with Gasteiger partial charge in [0.1, 0.15) is 11.9 Å². The Hall–Kier alpha value is -0.870. The second-order valence-electron chi connectivity index (χ2n) is 3.16. The second kappa shape index (κ2) is 5.88. The number of aldehydes is 1. The van der Waals surface area contributed by atoms with Gasteiger partial charge in [-0.3, -0.25) is 4.79 Å². The highest BCUT2D eigenvalue weighted by Crippen LogP contribution is 2.28. The van der Waals surface area contributed by atoms with Crippen molar-refractivity contribution >= 4 is 22.2 Å². The van der Waals surface area contributed by atoms with Crippen molar-refractivity contribution in [1.29, 1.82) is 0 Å². The third-order valence-electron chi connectivity index (χ3n) is 1.84. The van der Waals surface area contributed by atoms with Crippen molar-refractivity contribution in [2.24, 2.45) is 0 Å². The maximum absolute atomic E-state index is 10.8. The van der Waals surface area contributed by atoms with Gasteiger partial charge in [-0.15, -0.1) is 0 Å². The lowest BCUT2D eigenvalue weighted by molar-refractivity contribution is 0.0900. The normalized spacial score (nSPS) is 12.2. The maximum atomic E-state index is 10.8. The van der Waals surface area contributed by atoms with Crippen LogP contribution in [0.5, 0.6) is 5.75 Å². The molecule has 1 aromatic carbocycles. The average Bonchev–Trinajstić information content (AvgIpc) is 2.21. The molecule has 0 bridgehead atoms. The van der Waals surface area contributed by atoms with E-state index in [-0.39, 0.29) is 6.10 Å². The first-order valence-electron chi connectivity index (χ1n) is 4.58. The average molecular weight is 273 g/mol. The zero-order valence-electron chi connectivity index (χ0n) is 8.70. The zero-order chi connectivity index (χ0) is 11.3. The molecule has 1 aromatic rings. The fourth-order valence-electron chi connectivity index (χ4n) is 1.21. The molecule has 0 aliphatic carbocycles. The molecule has 0 aromatic heterocycles. The quantitative estimate of drug-likeness (QED) is 0.774.